The molecule has 0 radical (unpaired) electrons. The molecule has 0 atom stereocenters. The molecule has 0 amide bonds. The smallest absolute Gasteiger partial charge is 0.200 e. The Labute approximate surface area is 152 Å². The predicted octanol–water partition coefficient (Wildman–Crippen LogP) is 5.54. The molecule has 2 aromatic carbocycles. The molecule has 0 saturated heterocycles. The molecular weight excluding hydrogens is 419 g/mol. The zero-order chi connectivity index (χ0) is 16.9. The summed E-state index contributed by atoms with van der Waals surface area (Å²) >= 11 is 2.09. The molecule has 0 aliphatic heterocycles. The number of unbranched alkanes of at least 4 members (excludes halogenated alkanes) is 1. The molecule has 23 heavy (non-hydrogen) atoms. The lowest BCUT2D eigenvalue weighted by atomic mass is 10.1. The molecule has 0 fully saturated rings. The van der Waals surface area contributed by atoms with Gasteiger partial charge in [0.05, 0.1) is 4.90 Å². The third-order valence-electron chi connectivity index (χ3n) is 3.66. The Bertz CT molecular complexity index is 773. The van der Waals surface area contributed by atoms with Gasteiger partial charge in [0.25, 0.3) is 0 Å². The van der Waals surface area contributed by atoms with Gasteiger partial charge in [-0.05, 0) is 65.6 Å². The van der Waals surface area contributed by atoms with Gasteiger partial charge >= 0.3 is 0 Å². The first kappa shape index (κ1) is 18.2. The summed E-state index contributed by atoms with van der Waals surface area (Å²) in [7, 11) is -3.42. The van der Waals surface area contributed by atoms with Crippen molar-refractivity contribution >= 4 is 36.0 Å². The molecule has 2 rings (SSSR count). The highest BCUT2D eigenvalue weighted by molar-refractivity contribution is 14.1. The van der Waals surface area contributed by atoms with Crippen molar-refractivity contribution in [2.45, 2.75) is 38.0 Å². The topological polar surface area (TPSA) is 34.1 Å². The van der Waals surface area contributed by atoms with Crippen LogP contribution in [0.5, 0.6) is 0 Å². The Morgan fingerprint density at radius 3 is 2.22 bits per heavy atom. The highest BCUT2D eigenvalue weighted by atomic mass is 127. The fourth-order valence-corrected chi connectivity index (χ4v) is 4.64. The van der Waals surface area contributed by atoms with Gasteiger partial charge in [-0.1, -0.05) is 55.3 Å². The second-order valence-electron chi connectivity index (χ2n) is 5.62. The molecule has 0 aliphatic carbocycles. The van der Waals surface area contributed by atoms with Gasteiger partial charge in [0, 0.05) is 8.99 Å². The number of benzene rings is 2. The summed E-state index contributed by atoms with van der Waals surface area (Å²) in [5.41, 5.74) is 3.27. The minimum absolute atomic E-state index is 0.330. The first-order valence-corrected chi connectivity index (χ1v) is 10.3. The van der Waals surface area contributed by atoms with Crippen molar-refractivity contribution in [2.24, 2.45) is 0 Å². The molecule has 2 aromatic rings. The SMILES string of the molecule is CCCCc1ccc(/C(I)=C\S(=O)(=O)c2ccc(C)cc2)cc1. The van der Waals surface area contributed by atoms with Gasteiger partial charge in [-0.2, -0.15) is 0 Å². The van der Waals surface area contributed by atoms with Crippen LogP contribution in [0.25, 0.3) is 3.58 Å². The Morgan fingerprint density at radius 1 is 1.04 bits per heavy atom. The number of halogens is 1. The van der Waals surface area contributed by atoms with Crippen molar-refractivity contribution in [3.05, 3.63) is 70.6 Å². The maximum Gasteiger partial charge on any atom is 0.200 e. The van der Waals surface area contributed by atoms with Crippen LogP contribution in [0.1, 0.15) is 36.5 Å². The summed E-state index contributed by atoms with van der Waals surface area (Å²) in [5.74, 6) is 0. The summed E-state index contributed by atoms with van der Waals surface area (Å²) in [6.45, 7) is 4.12. The third-order valence-corrected chi connectivity index (χ3v) is 6.49. The van der Waals surface area contributed by atoms with E-state index in [1.54, 1.807) is 12.1 Å². The third kappa shape index (κ3) is 5.18. The van der Waals surface area contributed by atoms with Crippen LogP contribution in [0.4, 0.5) is 0 Å². The molecule has 0 unspecified atom stereocenters. The van der Waals surface area contributed by atoms with E-state index in [1.165, 1.54) is 23.8 Å². The Morgan fingerprint density at radius 2 is 1.65 bits per heavy atom. The molecule has 0 aromatic heterocycles. The van der Waals surface area contributed by atoms with Gasteiger partial charge in [-0.25, -0.2) is 8.42 Å². The second-order valence-corrected chi connectivity index (χ2v) is 8.58. The van der Waals surface area contributed by atoms with E-state index < -0.39 is 9.84 Å². The predicted molar refractivity (Wildman–Crippen MR) is 105 cm³/mol. The van der Waals surface area contributed by atoms with Crippen LogP contribution >= 0.6 is 22.6 Å². The van der Waals surface area contributed by atoms with Crippen molar-refractivity contribution in [1.82, 2.24) is 0 Å². The number of sulfone groups is 1. The number of aryl methyl sites for hydroxylation is 2. The zero-order valence-corrected chi connectivity index (χ0v) is 16.4. The molecule has 0 bridgehead atoms. The van der Waals surface area contributed by atoms with Crippen molar-refractivity contribution in [3.8, 4) is 0 Å². The highest BCUT2D eigenvalue weighted by Crippen LogP contribution is 2.26. The van der Waals surface area contributed by atoms with E-state index in [4.69, 9.17) is 0 Å². The Hall–Kier alpha value is -1.14. The van der Waals surface area contributed by atoms with Crippen molar-refractivity contribution in [2.75, 3.05) is 0 Å². The maximum absolute atomic E-state index is 12.5. The van der Waals surface area contributed by atoms with Crippen molar-refractivity contribution in [3.63, 3.8) is 0 Å². The van der Waals surface area contributed by atoms with Crippen LogP contribution in [0.15, 0.2) is 58.8 Å². The van der Waals surface area contributed by atoms with E-state index >= 15 is 0 Å². The molecule has 0 saturated carbocycles. The molecule has 0 spiro atoms. The number of rotatable bonds is 6. The average molecular weight is 440 g/mol. The number of hydrogen-bond donors (Lipinski definition) is 0. The molecule has 122 valence electrons. The quantitative estimate of drug-likeness (QED) is 0.553. The minimum Gasteiger partial charge on any atom is -0.219 e. The van der Waals surface area contributed by atoms with Crippen molar-refractivity contribution in [1.29, 1.82) is 0 Å². The van der Waals surface area contributed by atoms with Crippen LogP contribution in [0.3, 0.4) is 0 Å². The maximum atomic E-state index is 12.5. The Balaban J connectivity index is 2.22. The van der Waals surface area contributed by atoms with Crippen LogP contribution in [0.2, 0.25) is 0 Å². The average Bonchev–Trinajstić information content (AvgIpc) is 2.53. The molecule has 0 heterocycles. The summed E-state index contributed by atoms with van der Waals surface area (Å²) in [4.78, 5) is 0.330. The van der Waals surface area contributed by atoms with E-state index in [9.17, 15) is 8.42 Å². The summed E-state index contributed by atoms with van der Waals surface area (Å²) in [6.07, 6.45) is 3.42. The van der Waals surface area contributed by atoms with Crippen LogP contribution in [-0.2, 0) is 16.3 Å². The first-order chi connectivity index (χ1) is 10.9. The van der Waals surface area contributed by atoms with Gasteiger partial charge in [-0.3, -0.25) is 0 Å². The van der Waals surface area contributed by atoms with Gasteiger partial charge in [0.1, 0.15) is 0 Å². The minimum atomic E-state index is -3.42. The van der Waals surface area contributed by atoms with Gasteiger partial charge in [0.15, 0.2) is 0 Å². The standard InChI is InChI=1S/C19H21IO2S/c1-3-4-5-16-8-10-17(11-9-16)19(20)14-23(21,22)18-12-6-15(2)7-13-18/h6-14H,3-5H2,1-2H3/b19-14+. The summed E-state index contributed by atoms with van der Waals surface area (Å²) in [5, 5.41) is 1.35. The van der Waals surface area contributed by atoms with Crippen LogP contribution in [-0.4, -0.2) is 8.42 Å². The van der Waals surface area contributed by atoms with E-state index in [-0.39, 0.29) is 0 Å². The normalized spacial score (nSPS) is 12.4. The van der Waals surface area contributed by atoms with Crippen molar-refractivity contribution < 1.29 is 8.42 Å². The first-order valence-electron chi connectivity index (χ1n) is 7.70. The lowest BCUT2D eigenvalue weighted by molar-refractivity contribution is 0.605. The molecule has 4 heteroatoms. The molecule has 0 aliphatic rings. The fourth-order valence-electron chi connectivity index (χ4n) is 2.21. The van der Waals surface area contributed by atoms with E-state index in [1.807, 2.05) is 31.2 Å². The van der Waals surface area contributed by atoms with E-state index in [2.05, 4.69) is 41.6 Å². The lowest BCUT2D eigenvalue weighted by Gasteiger charge is -2.05. The highest BCUT2D eigenvalue weighted by Gasteiger charge is 2.12. The molecule has 0 N–H and O–H groups in total. The molecular formula is C19H21IO2S. The van der Waals surface area contributed by atoms with Gasteiger partial charge in [0.2, 0.25) is 9.84 Å². The van der Waals surface area contributed by atoms with E-state index in [0.717, 1.165) is 21.1 Å². The fraction of sp³-hybridized carbons (Fsp3) is 0.263. The second kappa shape index (κ2) is 8.11. The van der Waals surface area contributed by atoms with E-state index in [0.29, 0.717) is 4.90 Å². The Kier molecular flexibility index (Phi) is 6.41. The number of hydrogen-bond acceptors (Lipinski definition) is 2. The lowest BCUT2D eigenvalue weighted by Crippen LogP contribution is -1.97. The van der Waals surface area contributed by atoms with Gasteiger partial charge < -0.3 is 0 Å². The zero-order valence-electron chi connectivity index (χ0n) is 13.4. The van der Waals surface area contributed by atoms with Crippen LogP contribution in [0, 0.1) is 6.92 Å². The summed E-state index contributed by atoms with van der Waals surface area (Å²) < 4.78 is 25.6. The van der Waals surface area contributed by atoms with Gasteiger partial charge in [-0.15, -0.1) is 0 Å². The summed E-state index contributed by atoms with van der Waals surface area (Å²) in [6, 6.07) is 15.1. The largest absolute Gasteiger partial charge is 0.219 e. The monoisotopic (exact) mass is 440 g/mol. The van der Waals surface area contributed by atoms with Crippen LogP contribution < -0.4 is 0 Å². The molecule has 2 nitrogen and oxygen atoms in total.